The maximum Gasteiger partial charge on any atom is 0.128 e. The second kappa shape index (κ2) is 3.59. The zero-order valence-corrected chi connectivity index (χ0v) is 8.10. The monoisotopic (exact) mass is 194 g/mol. The molecule has 1 aliphatic heterocycles. The summed E-state index contributed by atoms with van der Waals surface area (Å²) in [4.78, 5) is 0. The third-order valence-electron chi connectivity index (χ3n) is 2.52. The summed E-state index contributed by atoms with van der Waals surface area (Å²) in [5.74, 6) is 0.751. The molecule has 2 rings (SSSR count). The van der Waals surface area contributed by atoms with Crippen LogP contribution in [-0.4, -0.2) is 22.9 Å². The Balaban J connectivity index is 2.39. The van der Waals surface area contributed by atoms with E-state index in [0.29, 0.717) is 12.2 Å². The van der Waals surface area contributed by atoms with Crippen molar-refractivity contribution in [2.75, 3.05) is 6.61 Å². The molecular weight excluding hydrogens is 180 g/mol. The van der Waals surface area contributed by atoms with Gasteiger partial charge in [-0.3, -0.25) is 0 Å². The van der Waals surface area contributed by atoms with E-state index in [1.54, 1.807) is 13.0 Å². The Bertz CT molecular complexity index is 333. The van der Waals surface area contributed by atoms with E-state index in [4.69, 9.17) is 4.74 Å². The van der Waals surface area contributed by atoms with Crippen LogP contribution in [0.5, 0.6) is 5.75 Å². The van der Waals surface area contributed by atoms with Crippen LogP contribution in [-0.2, 0) is 6.42 Å². The Morgan fingerprint density at radius 1 is 1.36 bits per heavy atom. The van der Waals surface area contributed by atoms with Gasteiger partial charge in [-0.25, -0.2) is 0 Å². The number of fused-ring (bicyclic) bond motifs is 1. The van der Waals surface area contributed by atoms with Crippen molar-refractivity contribution < 1.29 is 14.9 Å². The molecule has 1 aromatic rings. The molecule has 1 aromatic carbocycles. The van der Waals surface area contributed by atoms with Crippen molar-refractivity contribution in [3.8, 4) is 5.75 Å². The maximum absolute atomic E-state index is 9.73. The van der Waals surface area contributed by atoms with E-state index >= 15 is 0 Å². The van der Waals surface area contributed by atoms with E-state index in [1.165, 1.54) is 0 Å². The molecule has 0 spiro atoms. The van der Waals surface area contributed by atoms with Gasteiger partial charge in [-0.15, -0.1) is 0 Å². The minimum atomic E-state index is -0.858. The minimum Gasteiger partial charge on any atom is -0.493 e. The molecule has 0 bridgehead atoms. The van der Waals surface area contributed by atoms with Gasteiger partial charge in [0.2, 0.25) is 0 Å². The molecule has 0 amide bonds. The van der Waals surface area contributed by atoms with Crippen LogP contribution in [0.2, 0.25) is 0 Å². The van der Waals surface area contributed by atoms with E-state index in [2.05, 4.69) is 0 Å². The van der Waals surface area contributed by atoms with Crippen LogP contribution in [0.25, 0.3) is 0 Å². The standard InChI is InChI=1S/C11H14O3/c1-7(12)10(13)9-4-2-3-8-5-6-14-11(8)9/h2-4,7,10,12-13H,5-6H2,1H3. The molecule has 0 aliphatic carbocycles. The van der Waals surface area contributed by atoms with Gasteiger partial charge in [-0.1, -0.05) is 18.2 Å². The van der Waals surface area contributed by atoms with Crippen molar-refractivity contribution in [3.05, 3.63) is 29.3 Å². The lowest BCUT2D eigenvalue weighted by Gasteiger charge is -2.16. The van der Waals surface area contributed by atoms with Crippen LogP contribution < -0.4 is 4.74 Å². The van der Waals surface area contributed by atoms with Crippen molar-refractivity contribution in [2.45, 2.75) is 25.6 Å². The highest BCUT2D eigenvalue weighted by Crippen LogP contribution is 2.34. The van der Waals surface area contributed by atoms with Crippen LogP contribution in [0.3, 0.4) is 0 Å². The van der Waals surface area contributed by atoms with Crippen LogP contribution in [0, 0.1) is 0 Å². The van der Waals surface area contributed by atoms with Gasteiger partial charge in [0.15, 0.2) is 0 Å². The first-order chi connectivity index (χ1) is 6.70. The lowest BCUT2D eigenvalue weighted by molar-refractivity contribution is 0.0290. The van der Waals surface area contributed by atoms with E-state index in [0.717, 1.165) is 17.7 Å². The lowest BCUT2D eigenvalue weighted by Crippen LogP contribution is -2.14. The summed E-state index contributed by atoms with van der Waals surface area (Å²) >= 11 is 0. The van der Waals surface area contributed by atoms with Crippen molar-refractivity contribution in [3.63, 3.8) is 0 Å². The molecular formula is C11H14O3. The van der Waals surface area contributed by atoms with Gasteiger partial charge in [0, 0.05) is 12.0 Å². The maximum atomic E-state index is 9.73. The van der Waals surface area contributed by atoms with Gasteiger partial charge in [0.05, 0.1) is 12.7 Å². The fraction of sp³-hybridized carbons (Fsp3) is 0.455. The predicted octanol–water partition coefficient (Wildman–Crippen LogP) is 1.04. The molecule has 0 fully saturated rings. The van der Waals surface area contributed by atoms with E-state index in [1.807, 2.05) is 12.1 Å². The van der Waals surface area contributed by atoms with Crippen molar-refractivity contribution >= 4 is 0 Å². The summed E-state index contributed by atoms with van der Waals surface area (Å²) in [7, 11) is 0. The molecule has 2 unspecified atom stereocenters. The summed E-state index contributed by atoms with van der Waals surface area (Å²) in [6.45, 7) is 2.23. The second-order valence-electron chi connectivity index (χ2n) is 3.62. The van der Waals surface area contributed by atoms with Crippen molar-refractivity contribution in [1.82, 2.24) is 0 Å². The van der Waals surface area contributed by atoms with Crippen LogP contribution >= 0.6 is 0 Å². The molecule has 2 N–H and O–H groups in total. The average Bonchev–Trinajstić information content (AvgIpc) is 2.63. The topological polar surface area (TPSA) is 49.7 Å². The number of benzene rings is 1. The van der Waals surface area contributed by atoms with Crippen molar-refractivity contribution in [1.29, 1.82) is 0 Å². The highest BCUT2D eigenvalue weighted by atomic mass is 16.5. The highest BCUT2D eigenvalue weighted by molar-refractivity contribution is 5.45. The summed E-state index contributed by atoms with van der Waals surface area (Å²) in [6.07, 6.45) is -0.746. The molecule has 3 nitrogen and oxygen atoms in total. The Labute approximate surface area is 83.0 Å². The number of aliphatic hydroxyl groups is 2. The number of hydrogen-bond acceptors (Lipinski definition) is 3. The first-order valence-electron chi connectivity index (χ1n) is 4.81. The zero-order valence-electron chi connectivity index (χ0n) is 8.10. The number of hydrogen-bond donors (Lipinski definition) is 2. The molecule has 0 saturated heterocycles. The lowest BCUT2D eigenvalue weighted by atomic mass is 10.0. The Kier molecular flexibility index (Phi) is 2.44. The summed E-state index contributed by atoms with van der Waals surface area (Å²) < 4.78 is 5.43. The van der Waals surface area contributed by atoms with Gasteiger partial charge >= 0.3 is 0 Å². The fourth-order valence-electron chi connectivity index (χ4n) is 1.73. The Hall–Kier alpha value is -1.06. The smallest absolute Gasteiger partial charge is 0.128 e. The molecule has 0 aromatic heterocycles. The van der Waals surface area contributed by atoms with Crippen LogP contribution in [0.4, 0.5) is 0 Å². The van der Waals surface area contributed by atoms with Gasteiger partial charge < -0.3 is 14.9 Å². The molecule has 3 heteroatoms. The quantitative estimate of drug-likeness (QED) is 0.739. The molecule has 2 atom stereocenters. The normalized spacial score (nSPS) is 18.5. The molecule has 76 valence electrons. The van der Waals surface area contributed by atoms with Gasteiger partial charge in [-0.05, 0) is 12.5 Å². The number of rotatable bonds is 2. The highest BCUT2D eigenvalue weighted by Gasteiger charge is 2.23. The van der Waals surface area contributed by atoms with E-state index in [-0.39, 0.29) is 0 Å². The third kappa shape index (κ3) is 1.49. The molecule has 1 heterocycles. The number of para-hydroxylation sites is 1. The van der Waals surface area contributed by atoms with E-state index in [9.17, 15) is 10.2 Å². The second-order valence-corrected chi connectivity index (χ2v) is 3.62. The van der Waals surface area contributed by atoms with Crippen molar-refractivity contribution in [2.24, 2.45) is 0 Å². The first-order valence-corrected chi connectivity index (χ1v) is 4.81. The largest absolute Gasteiger partial charge is 0.493 e. The van der Waals surface area contributed by atoms with Gasteiger partial charge in [0.25, 0.3) is 0 Å². The minimum absolute atomic E-state index is 0.666. The Morgan fingerprint density at radius 3 is 2.86 bits per heavy atom. The average molecular weight is 194 g/mol. The van der Waals surface area contributed by atoms with E-state index < -0.39 is 12.2 Å². The van der Waals surface area contributed by atoms with Gasteiger partial charge in [0.1, 0.15) is 11.9 Å². The van der Waals surface area contributed by atoms with Crippen LogP contribution in [0.15, 0.2) is 18.2 Å². The third-order valence-corrected chi connectivity index (χ3v) is 2.52. The summed E-state index contributed by atoms with van der Waals surface area (Å²) in [5.41, 5.74) is 1.80. The number of ether oxygens (including phenoxy) is 1. The van der Waals surface area contributed by atoms with Crippen LogP contribution in [0.1, 0.15) is 24.2 Å². The SMILES string of the molecule is CC(O)C(O)c1cccc2c1OCC2. The predicted molar refractivity (Wildman–Crippen MR) is 52.3 cm³/mol. The summed E-state index contributed by atoms with van der Waals surface area (Å²) in [5, 5.41) is 19.0. The molecule has 14 heavy (non-hydrogen) atoms. The zero-order chi connectivity index (χ0) is 10.1. The Morgan fingerprint density at radius 2 is 2.14 bits per heavy atom. The number of aliphatic hydroxyl groups excluding tert-OH is 2. The molecule has 0 saturated carbocycles. The fourth-order valence-corrected chi connectivity index (χ4v) is 1.73. The summed E-state index contributed by atoms with van der Waals surface area (Å²) in [6, 6.07) is 5.66. The first kappa shape index (κ1) is 9.49. The molecule has 0 radical (unpaired) electrons. The van der Waals surface area contributed by atoms with Gasteiger partial charge in [-0.2, -0.15) is 0 Å². The molecule has 1 aliphatic rings.